The number of carbonyl (C=O) groups excluding carboxylic acids is 1. The number of carboxylic acids is 1. The number of carbonyl (C=O) groups is 2. The van der Waals surface area contributed by atoms with E-state index < -0.39 is 18.4 Å². The van der Waals surface area contributed by atoms with Crippen molar-refractivity contribution in [2.24, 2.45) is 0 Å². The number of aromatic nitrogens is 1. The van der Waals surface area contributed by atoms with E-state index in [-0.39, 0.29) is 4.32 Å². The molecule has 9 heteroatoms. The van der Waals surface area contributed by atoms with Crippen LogP contribution < -0.4 is 9.47 Å². The second-order valence-corrected chi connectivity index (χ2v) is 8.97. The predicted molar refractivity (Wildman–Crippen MR) is 133 cm³/mol. The zero-order valence-corrected chi connectivity index (χ0v) is 19.6. The molecule has 0 spiro atoms. The number of aliphatic carboxylic acids is 1. The van der Waals surface area contributed by atoms with Gasteiger partial charge in [-0.15, -0.1) is 0 Å². The Morgan fingerprint density at radius 2 is 1.76 bits per heavy atom. The van der Waals surface area contributed by atoms with Crippen molar-refractivity contribution in [3.05, 3.63) is 94.7 Å². The first-order valence-electron chi connectivity index (χ1n) is 10.3. The molecule has 2 aromatic carbocycles. The molecule has 1 aromatic heterocycles. The van der Waals surface area contributed by atoms with E-state index in [4.69, 9.17) is 26.8 Å². The Labute approximate surface area is 206 Å². The highest BCUT2D eigenvalue weighted by atomic mass is 32.2. The summed E-state index contributed by atoms with van der Waals surface area (Å²) in [4.78, 5) is 29.2. The van der Waals surface area contributed by atoms with Crippen molar-refractivity contribution >= 4 is 46.3 Å². The van der Waals surface area contributed by atoms with Crippen LogP contribution in [0.15, 0.2) is 78.0 Å². The van der Waals surface area contributed by atoms with Crippen molar-refractivity contribution in [3.63, 3.8) is 0 Å². The monoisotopic (exact) mass is 492 g/mol. The normalized spacial score (nSPS) is 14.5. The zero-order valence-electron chi connectivity index (χ0n) is 17.9. The Hall–Kier alpha value is -3.69. The first kappa shape index (κ1) is 23.5. The highest BCUT2D eigenvalue weighted by Crippen LogP contribution is 2.35. The first-order valence-corrected chi connectivity index (χ1v) is 11.5. The number of pyridine rings is 1. The van der Waals surface area contributed by atoms with E-state index in [2.05, 4.69) is 4.98 Å². The molecule has 0 bridgehead atoms. The van der Waals surface area contributed by atoms with E-state index in [1.807, 2.05) is 42.5 Å². The average Bonchev–Trinajstić information content (AvgIpc) is 3.10. The lowest BCUT2D eigenvalue weighted by molar-refractivity contribution is -0.140. The summed E-state index contributed by atoms with van der Waals surface area (Å²) >= 11 is 6.24. The summed E-state index contributed by atoms with van der Waals surface area (Å²) in [6, 6.07) is 18.9. The van der Waals surface area contributed by atoms with E-state index in [1.165, 1.54) is 0 Å². The van der Waals surface area contributed by atoms with Gasteiger partial charge in [0, 0.05) is 18.0 Å². The van der Waals surface area contributed by atoms with Crippen LogP contribution in [-0.2, 0) is 22.8 Å². The van der Waals surface area contributed by atoms with Gasteiger partial charge < -0.3 is 14.6 Å². The van der Waals surface area contributed by atoms with Gasteiger partial charge in [-0.05, 0) is 35.4 Å². The molecular formula is C25H20N2O5S2. The van der Waals surface area contributed by atoms with Gasteiger partial charge in [0.25, 0.3) is 5.91 Å². The third kappa shape index (κ3) is 6.00. The minimum absolute atomic E-state index is 0.217. The van der Waals surface area contributed by atoms with E-state index in [0.717, 1.165) is 27.8 Å². The van der Waals surface area contributed by atoms with E-state index >= 15 is 0 Å². The van der Waals surface area contributed by atoms with Gasteiger partial charge in [-0.1, -0.05) is 66.4 Å². The summed E-state index contributed by atoms with van der Waals surface area (Å²) < 4.78 is 12.3. The highest BCUT2D eigenvalue weighted by molar-refractivity contribution is 8.26. The molecule has 3 aromatic rings. The van der Waals surface area contributed by atoms with Crippen LogP contribution in [0.1, 0.15) is 16.7 Å². The lowest BCUT2D eigenvalue weighted by Crippen LogP contribution is -2.33. The summed E-state index contributed by atoms with van der Waals surface area (Å²) in [5.41, 5.74) is 2.62. The molecule has 34 heavy (non-hydrogen) atoms. The second-order valence-electron chi connectivity index (χ2n) is 7.29. The fourth-order valence-electron chi connectivity index (χ4n) is 3.15. The number of benzene rings is 2. The van der Waals surface area contributed by atoms with E-state index in [9.17, 15) is 9.59 Å². The summed E-state index contributed by atoms with van der Waals surface area (Å²) in [5, 5.41) is 9.02. The number of thioether (sulfide) groups is 1. The van der Waals surface area contributed by atoms with Crippen LogP contribution in [-0.4, -0.2) is 37.7 Å². The number of rotatable bonds is 9. The van der Waals surface area contributed by atoms with Gasteiger partial charge in [-0.2, -0.15) is 0 Å². The fourth-order valence-corrected chi connectivity index (χ4v) is 4.40. The Morgan fingerprint density at radius 3 is 2.50 bits per heavy atom. The number of hydrogen-bond donors (Lipinski definition) is 1. The van der Waals surface area contributed by atoms with Crippen LogP contribution in [0.25, 0.3) is 6.08 Å². The molecule has 1 aliphatic heterocycles. The summed E-state index contributed by atoms with van der Waals surface area (Å²) in [6.45, 7) is 0.199. The molecule has 7 nitrogen and oxygen atoms in total. The van der Waals surface area contributed by atoms with Crippen LogP contribution >= 0.6 is 24.0 Å². The van der Waals surface area contributed by atoms with Gasteiger partial charge in [0.05, 0.1) is 4.91 Å². The van der Waals surface area contributed by atoms with Crippen LogP contribution in [0.5, 0.6) is 11.5 Å². The van der Waals surface area contributed by atoms with Gasteiger partial charge in [0.1, 0.15) is 24.1 Å². The minimum atomic E-state index is -1.12. The van der Waals surface area contributed by atoms with Gasteiger partial charge in [0.15, 0.2) is 11.5 Å². The third-order valence-electron chi connectivity index (χ3n) is 4.79. The number of carboxylic acid groups (broad SMARTS) is 1. The SMILES string of the molecule is O=C(O)CN1C(=O)/C(=C/c2ccc(OCc3ccccc3)c(OCc3cccnc3)c2)SC1=S. The Kier molecular flexibility index (Phi) is 7.56. The summed E-state index contributed by atoms with van der Waals surface area (Å²) in [5.74, 6) is -0.485. The molecule has 1 saturated heterocycles. The van der Waals surface area contributed by atoms with Crippen LogP contribution in [0.3, 0.4) is 0 Å². The lowest BCUT2D eigenvalue weighted by Gasteiger charge is -2.14. The van der Waals surface area contributed by atoms with E-state index in [0.29, 0.717) is 35.2 Å². The maximum atomic E-state index is 12.6. The quantitative estimate of drug-likeness (QED) is 0.344. The largest absolute Gasteiger partial charge is 0.485 e. The molecule has 0 radical (unpaired) electrons. The number of hydrogen-bond acceptors (Lipinski definition) is 7. The molecule has 172 valence electrons. The van der Waals surface area contributed by atoms with Gasteiger partial charge in [0.2, 0.25) is 0 Å². The maximum absolute atomic E-state index is 12.6. The van der Waals surface area contributed by atoms with Crippen molar-refractivity contribution in [2.75, 3.05) is 6.54 Å². The maximum Gasteiger partial charge on any atom is 0.323 e. The highest BCUT2D eigenvalue weighted by Gasteiger charge is 2.33. The second kappa shape index (κ2) is 11.0. The number of amides is 1. The molecule has 0 saturated carbocycles. The number of thiocarbonyl (C=S) groups is 1. The molecule has 0 unspecified atom stereocenters. The molecule has 1 fully saturated rings. The molecule has 1 amide bonds. The first-order chi connectivity index (χ1) is 16.5. The Balaban J connectivity index is 1.57. The Bertz CT molecular complexity index is 1230. The van der Waals surface area contributed by atoms with Crippen molar-refractivity contribution < 1.29 is 24.2 Å². The smallest absolute Gasteiger partial charge is 0.323 e. The van der Waals surface area contributed by atoms with Crippen LogP contribution in [0.4, 0.5) is 0 Å². The van der Waals surface area contributed by atoms with Crippen LogP contribution in [0.2, 0.25) is 0 Å². The molecule has 2 heterocycles. The minimum Gasteiger partial charge on any atom is -0.485 e. The van der Waals surface area contributed by atoms with Crippen molar-refractivity contribution in [1.29, 1.82) is 0 Å². The fraction of sp³-hybridized carbons (Fsp3) is 0.120. The molecule has 4 rings (SSSR count). The third-order valence-corrected chi connectivity index (χ3v) is 6.16. The average molecular weight is 493 g/mol. The van der Waals surface area contributed by atoms with Gasteiger partial charge in [-0.25, -0.2) is 0 Å². The molecular weight excluding hydrogens is 472 g/mol. The molecule has 1 N–H and O–H groups in total. The number of nitrogens with zero attached hydrogens (tertiary/aromatic N) is 2. The summed E-state index contributed by atoms with van der Waals surface area (Å²) in [6.07, 6.45) is 5.08. The zero-order chi connectivity index (χ0) is 23.9. The Morgan fingerprint density at radius 1 is 1.03 bits per heavy atom. The molecule has 1 aliphatic rings. The number of ether oxygens (including phenoxy) is 2. The van der Waals surface area contributed by atoms with Gasteiger partial charge in [-0.3, -0.25) is 19.5 Å². The summed E-state index contributed by atoms with van der Waals surface area (Å²) in [7, 11) is 0. The molecule has 0 atom stereocenters. The lowest BCUT2D eigenvalue weighted by atomic mass is 10.1. The standard InChI is InChI=1S/C25H20N2O5S2/c28-23(29)14-27-24(30)22(34-25(27)33)12-18-8-9-20(31-15-17-5-2-1-3-6-17)21(11-18)32-16-19-7-4-10-26-13-19/h1-13H,14-16H2,(H,28,29)/b22-12-. The van der Waals surface area contributed by atoms with E-state index in [1.54, 1.807) is 36.7 Å². The predicted octanol–water partition coefficient (Wildman–Crippen LogP) is 4.53. The van der Waals surface area contributed by atoms with Crippen molar-refractivity contribution in [3.8, 4) is 11.5 Å². The van der Waals surface area contributed by atoms with Crippen molar-refractivity contribution in [2.45, 2.75) is 13.2 Å². The molecule has 0 aliphatic carbocycles. The van der Waals surface area contributed by atoms with Crippen molar-refractivity contribution in [1.82, 2.24) is 9.88 Å². The van der Waals surface area contributed by atoms with Crippen LogP contribution in [0, 0.1) is 0 Å². The van der Waals surface area contributed by atoms with Gasteiger partial charge >= 0.3 is 5.97 Å². The topological polar surface area (TPSA) is 89.0 Å².